The lowest BCUT2D eigenvalue weighted by atomic mass is 9.94. The van der Waals surface area contributed by atoms with Crippen molar-refractivity contribution in [3.63, 3.8) is 0 Å². The Hall–Kier alpha value is -2.97. The van der Waals surface area contributed by atoms with Crippen molar-refractivity contribution in [1.82, 2.24) is 9.97 Å². The zero-order chi connectivity index (χ0) is 22.0. The van der Waals surface area contributed by atoms with Crippen LogP contribution in [0.25, 0.3) is 0 Å². The smallest absolute Gasteiger partial charge is 0.224 e. The van der Waals surface area contributed by atoms with Gasteiger partial charge >= 0.3 is 0 Å². The number of fused-ring (bicyclic) bond motifs is 1. The fourth-order valence-electron chi connectivity index (χ4n) is 3.48. The van der Waals surface area contributed by atoms with Gasteiger partial charge in [-0.25, -0.2) is 13.4 Å². The number of ketones is 1. The molecule has 0 spiro atoms. The van der Waals surface area contributed by atoms with E-state index in [0.29, 0.717) is 5.56 Å². The molecule has 1 aliphatic rings. The molecule has 1 atom stereocenters. The number of aromatic nitrogens is 2. The van der Waals surface area contributed by atoms with Crippen LogP contribution in [0.4, 0.5) is 0 Å². The van der Waals surface area contributed by atoms with Crippen molar-refractivity contribution in [2.75, 3.05) is 13.7 Å². The molecular weight excluding hydrogens is 440 g/mol. The third kappa shape index (κ3) is 4.55. The topological polar surface area (TPSA) is 95.5 Å². The number of hydrogen-bond acceptors (Lipinski definition) is 7. The Balaban J connectivity index is 1.61. The van der Waals surface area contributed by atoms with Crippen LogP contribution < -0.4 is 9.47 Å². The molecule has 31 heavy (non-hydrogen) atoms. The fraction of sp³-hybridized carbons (Fsp3) is 0.227. The Morgan fingerprint density at radius 1 is 1.23 bits per heavy atom. The van der Waals surface area contributed by atoms with E-state index in [-0.39, 0.29) is 57.6 Å². The lowest BCUT2D eigenvalue weighted by molar-refractivity contribution is 0.0976. The van der Waals surface area contributed by atoms with Gasteiger partial charge in [-0.15, -0.1) is 0 Å². The normalized spacial score (nSPS) is 16.2. The van der Waals surface area contributed by atoms with Crippen LogP contribution in [-0.4, -0.2) is 37.9 Å². The van der Waals surface area contributed by atoms with Crippen LogP contribution in [0.3, 0.4) is 0 Å². The number of sulfone groups is 1. The summed E-state index contributed by atoms with van der Waals surface area (Å²) < 4.78 is 36.9. The SMILES string of the molecule is COc1ccc(Cl)cc1S(=O)(=O)Cc1cnc2c(c1)C(=O)CC(c1cccnc1)CO2. The molecule has 0 amide bonds. The molecular formula is C22H19ClN2O5S. The Bertz CT molecular complexity index is 1230. The van der Waals surface area contributed by atoms with E-state index >= 15 is 0 Å². The van der Waals surface area contributed by atoms with Gasteiger partial charge < -0.3 is 9.47 Å². The largest absolute Gasteiger partial charge is 0.495 e. The molecule has 9 heteroatoms. The monoisotopic (exact) mass is 458 g/mol. The molecule has 2 aromatic heterocycles. The van der Waals surface area contributed by atoms with E-state index in [1.54, 1.807) is 18.5 Å². The predicted molar refractivity (Wildman–Crippen MR) is 115 cm³/mol. The fourth-order valence-corrected chi connectivity index (χ4v) is 5.24. The Labute approximate surface area is 184 Å². The van der Waals surface area contributed by atoms with E-state index in [2.05, 4.69) is 9.97 Å². The predicted octanol–water partition coefficient (Wildman–Crippen LogP) is 3.86. The van der Waals surface area contributed by atoms with Crippen LogP contribution in [0.15, 0.2) is 59.9 Å². The third-order valence-electron chi connectivity index (χ3n) is 5.03. The summed E-state index contributed by atoms with van der Waals surface area (Å²) in [5, 5.41) is 0.282. The zero-order valence-corrected chi connectivity index (χ0v) is 18.2. The first-order chi connectivity index (χ1) is 14.9. The summed E-state index contributed by atoms with van der Waals surface area (Å²) in [7, 11) is -2.41. The first kappa shape index (κ1) is 21.3. The van der Waals surface area contributed by atoms with E-state index in [1.807, 2.05) is 12.1 Å². The molecule has 0 saturated heterocycles. The maximum Gasteiger partial charge on any atom is 0.224 e. The minimum absolute atomic E-state index is 0.0170. The third-order valence-corrected chi connectivity index (χ3v) is 6.97. The van der Waals surface area contributed by atoms with E-state index in [1.165, 1.54) is 31.5 Å². The number of ether oxygens (including phenoxy) is 2. The van der Waals surface area contributed by atoms with Gasteiger partial charge in [0.15, 0.2) is 15.6 Å². The molecule has 7 nitrogen and oxygen atoms in total. The van der Waals surface area contributed by atoms with Crippen LogP contribution in [-0.2, 0) is 15.6 Å². The average Bonchev–Trinajstić information content (AvgIpc) is 2.93. The maximum absolute atomic E-state index is 13.0. The molecule has 160 valence electrons. The van der Waals surface area contributed by atoms with Gasteiger partial charge in [0.25, 0.3) is 0 Å². The van der Waals surface area contributed by atoms with Gasteiger partial charge in [-0.3, -0.25) is 9.78 Å². The standard InChI is InChI=1S/C22H19ClN2O5S/c1-29-20-5-4-17(23)9-21(20)31(27,28)13-14-7-18-19(26)8-16(12-30-22(18)25-10-14)15-3-2-6-24-11-15/h2-7,9-11,16H,8,12-13H2,1H3. The molecule has 1 aromatic carbocycles. The van der Waals surface area contributed by atoms with E-state index in [9.17, 15) is 13.2 Å². The van der Waals surface area contributed by atoms with Crippen LogP contribution in [0.5, 0.6) is 11.6 Å². The van der Waals surface area contributed by atoms with Crippen molar-refractivity contribution < 1.29 is 22.7 Å². The molecule has 0 saturated carbocycles. The van der Waals surface area contributed by atoms with Gasteiger partial charge in [-0.2, -0.15) is 0 Å². The second-order valence-corrected chi connectivity index (χ2v) is 9.57. The number of methoxy groups -OCH3 is 1. The quantitative estimate of drug-likeness (QED) is 0.572. The summed E-state index contributed by atoms with van der Waals surface area (Å²) in [5.41, 5.74) is 1.55. The molecule has 1 aliphatic heterocycles. The van der Waals surface area contributed by atoms with E-state index in [0.717, 1.165) is 5.56 Å². The molecule has 4 rings (SSSR count). The number of benzene rings is 1. The van der Waals surface area contributed by atoms with Gasteiger partial charge in [0, 0.05) is 36.0 Å². The minimum atomic E-state index is -3.80. The summed E-state index contributed by atoms with van der Waals surface area (Å²) in [6.07, 6.45) is 5.01. The number of carbonyl (C=O) groups excluding carboxylic acids is 1. The number of hydrogen-bond donors (Lipinski definition) is 0. The second-order valence-electron chi connectivity index (χ2n) is 7.17. The number of pyridine rings is 2. The number of halogens is 1. The van der Waals surface area contributed by atoms with Crippen molar-refractivity contribution in [2.45, 2.75) is 23.0 Å². The second kappa shape index (κ2) is 8.64. The average molecular weight is 459 g/mol. The van der Waals surface area contributed by atoms with Gasteiger partial charge in [-0.05, 0) is 41.5 Å². The Kier molecular flexibility index (Phi) is 5.93. The molecule has 3 aromatic rings. The van der Waals surface area contributed by atoms with Gasteiger partial charge in [-0.1, -0.05) is 17.7 Å². The minimum Gasteiger partial charge on any atom is -0.495 e. The molecule has 3 heterocycles. The summed E-state index contributed by atoms with van der Waals surface area (Å²) in [6.45, 7) is 0.286. The highest BCUT2D eigenvalue weighted by Crippen LogP contribution is 2.32. The van der Waals surface area contributed by atoms with Crippen molar-refractivity contribution in [3.8, 4) is 11.6 Å². The highest BCUT2D eigenvalue weighted by Gasteiger charge is 2.28. The number of nitrogens with zero attached hydrogens (tertiary/aromatic N) is 2. The first-order valence-electron chi connectivity index (χ1n) is 9.48. The number of rotatable bonds is 5. The van der Waals surface area contributed by atoms with Crippen LogP contribution in [0.2, 0.25) is 5.02 Å². The van der Waals surface area contributed by atoms with Crippen molar-refractivity contribution in [1.29, 1.82) is 0 Å². The van der Waals surface area contributed by atoms with Crippen molar-refractivity contribution >= 4 is 27.2 Å². The van der Waals surface area contributed by atoms with Crippen LogP contribution >= 0.6 is 11.6 Å². The summed E-state index contributed by atoms with van der Waals surface area (Å²) in [6, 6.07) is 9.64. The van der Waals surface area contributed by atoms with Crippen LogP contribution in [0.1, 0.15) is 33.8 Å². The number of carbonyl (C=O) groups is 1. The Morgan fingerprint density at radius 3 is 2.81 bits per heavy atom. The Morgan fingerprint density at radius 2 is 2.06 bits per heavy atom. The van der Waals surface area contributed by atoms with Crippen molar-refractivity contribution in [2.24, 2.45) is 0 Å². The molecule has 0 bridgehead atoms. The molecule has 0 N–H and O–H groups in total. The highest BCUT2D eigenvalue weighted by atomic mass is 35.5. The van der Waals surface area contributed by atoms with Gasteiger partial charge in [0.2, 0.25) is 5.88 Å². The zero-order valence-electron chi connectivity index (χ0n) is 16.6. The molecule has 0 fully saturated rings. The first-order valence-corrected chi connectivity index (χ1v) is 11.5. The summed E-state index contributed by atoms with van der Waals surface area (Å²) in [5.74, 6) is -0.265. The van der Waals surface area contributed by atoms with E-state index < -0.39 is 9.84 Å². The van der Waals surface area contributed by atoms with E-state index in [4.69, 9.17) is 21.1 Å². The highest BCUT2D eigenvalue weighted by molar-refractivity contribution is 7.90. The van der Waals surface area contributed by atoms with Gasteiger partial charge in [0.1, 0.15) is 10.6 Å². The lowest BCUT2D eigenvalue weighted by Crippen LogP contribution is -2.10. The molecule has 0 aliphatic carbocycles. The number of Topliss-reactive ketones (excluding diaryl/α,β-unsaturated/α-hetero) is 1. The van der Waals surface area contributed by atoms with Crippen molar-refractivity contribution in [3.05, 3.63) is 76.7 Å². The molecule has 1 unspecified atom stereocenters. The van der Waals surface area contributed by atoms with Crippen LogP contribution in [0, 0.1) is 0 Å². The molecule has 0 radical (unpaired) electrons. The lowest BCUT2D eigenvalue weighted by Gasteiger charge is -2.12. The maximum atomic E-state index is 13.0. The van der Waals surface area contributed by atoms with Gasteiger partial charge in [0.05, 0.1) is 25.0 Å². The summed E-state index contributed by atoms with van der Waals surface area (Å²) >= 11 is 5.98. The summed E-state index contributed by atoms with van der Waals surface area (Å²) in [4.78, 5) is 21.2.